The number of fused-ring (bicyclic) bond motifs is 1. The van der Waals surface area contributed by atoms with Gasteiger partial charge in [-0.3, -0.25) is 4.79 Å². The van der Waals surface area contributed by atoms with Gasteiger partial charge in [0.1, 0.15) is 11.1 Å². The summed E-state index contributed by atoms with van der Waals surface area (Å²) in [6.45, 7) is 0. The van der Waals surface area contributed by atoms with E-state index in [0.29, 0.717) is 15.6 Å². The standard InChI is InChI=1S/C14H8ClN3OS3/c15-9-1-2-11-10(5-9)17-14(22-11)21-7-12(19)18-13-8(6-16)3-4-20-13/h1-5H,7H2,(H,18,19). The van der Waals surface area contributed by atoms with Gasteiger partial charge in [0, 0.05) is 5.02 Å². The van der Waals surface area contributed by atoms with Crippen LogP contribution in [0.4, 0.5) is 5.00 Å². The Morgan fingerprint density at radius 2 is 2.32 bits per heavy atom. The number of carbonyl (C=O) groups excluding carboxylic acids is 1. The molecule has 0 aliphatic heterocycles. The highest BCUT2D eigenvalue weighted by Crippen LogP contribution is 2.31. The zero-order valence-electron chi connectivity index (χ0n) is 11.0. The van der Waals surface area contributed by atoms with Gasteiger partial charge in [-0.15, -0.1) is 22.7 Å². The molecule has 8 heteroatoms. The highest BCUT2D eigenvalue weighted by molar-refractivity contribution is 8.01. The molecule has 0 saturated carbocycles. The van der Waals surface area contributed by atoms with Gasteiger partial charge in [-0.1, -0.05) is 23.4 Å². The van der Waals surface area contributed by atoms with Crippen molar-refractivity contribution in [3.05, 3.63) is 40.2 Å². The maximum absolute atomic E-state index is 11.9. The first kappa shape index (κ1) is 15.3. The van der Waals surface area contributed by atoms with Crippen molar-refractivity contribution in [2.75, 3.05) is 11.1 Å². The number of benzene rings is 1. The average Bonchev–Trinajstić information content (AvgIpc) is 3.10. The Balaban J connectivity index is 1.64. The number of hydrogen-bond acceptors (Lipinski definition) is 6. The number of carbonyl (C=O) groups is 1. The van der Waals surface area contributed by atoms with E-state index in [0.717, 1.165) is 14.6 Å². The zero-order valence-corrected chi connectivity index (χ0v) is 14.2. The molecule has 2 heterocycles. The van der Waals surface area contributed by atoms with Crippen molar-refractivity contribution in [2.24, 2.45) is 0 Å². The molecule has 0 aliphatic carbocycles. The fraction of sp³-hybridized carbons (Fsp3) is 0.0714. The maximum Gasteiger partial charge on any atom is 0.235 e. The van der Waals surface area contributed by atoms with E-state index in [2.05, 4.69) is 10.3 Å². The van der Waals surface area contributed by atoms with E-state index in [1.54, 1.807) is 11.4 Å². The summed E-state index contributed by atoms with van der Waals surface area (Å²) in [6, 6.07) is 9.28. The topological polar surface area (TPSA) is 65.8 Å². The monoisotopic (exact) mass is 365 g/mol. The molecule has 0 unspecified atom stereocenters. The van der Waals surface area contributed by atoms with Gasteiger partial charge in [-0.2, -0.15) is 5.26 Å². The van der Waals surface area contributed by atoms with Gasteiger partial charge in [0.2, 0.25) is 5.91 Å². The molecule has 1 N–H and O–H groups in total. The molecule has 1 amide bonds. The smallest absolute Gasteiger partial charge is 0.235 e. The number of hydrogen-bond donors (Lipinski definition) is 1. The Morgan fingerprint density at radius 3 is 3.14 bits per heavy atom. The molecule has 0 radical (unpaired) electrons. The highest BCUT2D eigenvalue weighted by Gasteiger charge is 2.11. The number of thiazole rings is 1. The molecule has 0 atom stereocenters. The number of amides is 1. The van der Waals surface area contributed by atoms with E-state index in [4.69, 9.17) is 16.9 Å². The van der Waals surface area contributed by atoms with Crippen LogP contribution >= 0.6 is 46.0 Å². The maximum atomic E-state index is 11.9. The van der Waals surface area contributed by atoms with E-state index in [1.165, 1.54) is 34.4 Å². The molecule has 3 aromatic rings. The summed E-state index contributed by atoms with van der Waals surface area (Å²) in [6.07, 6.45) is 0. The Hall–Kier alpha value is -1.59. The number of rotatable bonds is 4. The number of anilines is 1. The zero-order chi connectivity index (χ0) is 15.5. The summed E-state index contributed by atoms with van der Waals surface area (Å²) in [4.78, 5) is 16.4. The molecule has 0 spiro atoms. The van der Waals surface area contributed by atoms with Crippen molar-refractivity contribution in [3.63, 3.8) is 0 Å². The Labute approximate surface area is 143 Å². The third-order valence-electron chi connectivity index (χ3n) is 2.70. The van der Waals surface area contributed by atoms with Crippen molar-refractivity contribution >= 4 is 67.2 Å². The fourth-order valence-electron chi connectivity index (χ4n) is 1.73. The van der Waals surface area contributed by atoms with Crippen molar-refractivity contribution in [2.45, 2.75) is 4.34 Å². The van der Waals surface area contributed by atoms with Gasteiger partial charge in [0.15, 0.2) is 4.34 Å². The van der Waals surface area contributed by atoms with Gasteiger partial charge in [0.05, 0.1) is 21.5 Å². The van der Waals surface area contributed by atoms with Crippen LogP contribution in [0.1, 0.15) is 5.56 Å². The SMILES string of the molecule is N#Cc1ccsc1NC(=O)CSc1nc2cc(Cl)ccc2s1. The summed E-state index contributed by atoms with van der Waals surface area (Å²) in [7, 11) is 0. The minimum Gasteiger partial charge on any atom is -0.316 e. The van der Waals surface area contributed by atoms with Crippen LogP contribution in [0.15, 0.2) is 34.0 Å². The van der Waals surface area contributed by atoms with Gasteiger partial charge in [-0.25, -0.2) is 4.98 Å². The second-order valence-corrected chi connectivity index (χ2v) is 7.81. The lowest BCUT2D eigenvalue weighted by Gasteiger charge is -2.01. The van der Waals surface area contributed by atoms with Crippen LogP contribution in [0, 0.1) is 11.3 Å². The van der Waals surface area contributed by atoms with Gasteiger partial charge < -0.3 is 5.32 Å². The van der Waals surface area contributed by atoms with E-state index in [-0.39, 0.29) is 11.7 Å². The first-order valence-electron chi connectivity index (χ1n) is 6.12. The molecule has 3 rings (SSSR count). The molecule has 0 saturated heterocycles. The molecule has 0 aliphatic rings. The number of nitrogens with zero attached hydrogens (tertiary/aromatic N) is 2. The summed E-state index contributed by atoms with van der Waals surface area (Å²) in [5.41, 5.74) is 1.32. The minimum atomic E-state index is -0.152. The molecule has 4 nitrogen and oxygen atoms in total. The summed E-state index contributed by atoms with van der Waals surface area (Å²) in [5, 5.41) is 14.7. The van der Waals surface area contributed by atoms with Crippen molar-refractivity contribution in [1.29, 1.82) is 5.26 Å². The Kier molecular flexibility index (Phi) is 4.64. The normalized spacial score (nSPS) is 10.5. The molecular formula is C14H8ClN3OS3. The van der Waals surface area contributed by atoms with Crippen LogP contribution < -0.4 is 5.32 Å². The number of nitrogens with one attached hydrogen (secondary N) is 1. The lowest BCUT2D eigenvalue weighted by Crippen LogP contribution is -2.13. The Morgan fingerprint density at radius 1 is 1.45 bits per heavy atom. The van der Waals surface area contributed by atoms with Crippen LogP contribution in [0.25, 0.3) is 10.2 Å². The fourth-order valence-corrected chi connectivity index (χ4v) is 4.49. The van der Waals surface area contributed by atoms with Gasteiger partial charge in [-0.05, 0) is 29.6 Å². The molecule has 2 aromatic heterocycles. The van der Waals surface area contributed by atoms with E-state index in [1.807, 2.05) is 24.3 Å². The van der Waals surface area contributed by atoms with E-state index in [9.17, 15) is 4.79 Å². The molecule has 0 fully saturated rings. The minimum absolute atomic E-state index is 0.152. The lowest BCUT2D eigenvalue weighted by atomic mass is 10.3. The van der Waals surface area contributed by atoms with Crippen molar-refractivity contribution < 1.29 is 4.79 Å². The average molecular weight is 366 g/mol. The van der Waals surface area contributed by atoms with E-state index < -0.39 is 0 Å². The first-order chi connectivity index (χ1) is 10.7. The summed E-state index contributed by atoms with van der Waals surface area (Å²) >= 11 is 10.2. The third kappa shape index (κ3) is 3.42. The van der Waals surface area contributed by atoms with Gasteiger partial charge >= 0.3 is 0 Å². The van der Waals surface area contributed by atoms with Gasteiger partial charge in [0.25, 0.3) is 0 Å². The lowest BCUT2D eigenvalue weighted by molar-refractivity contribution is -0.113. The highest BCUT2D eigenvalue weighted by atomic mass is 35.5. The third-order valence-corrected chi connectivity index (χ3v) is 5.94. The molecule has 22 heavy (non-hydrogen) atoms. The quantitative estimate of drug-likeness (QED) is 0.685. The predicted octanol–water partition coefficient (Wildman–Crippen LogP) is 4.61. The predicted molar refractivity (Wildman–Crippen MR) is 93.0 cm³/mol. The van der Waals surface area contributed by atoms with Crippen LogP contribution in [0.3, 0.4) is 0 Å². The van der Waals surface area contributed by atoms with Crippen LogP contribution in [0.5, 0.6) is 0 Å². The second kappa shape index (κ2) is 6.67. The first-order valence-corrected chi connectivity index (χ1v) is 9.18. The number of thioether (sulfide) groups is 1. The van der Waals surface area contributed by atoms with Crippen LogP contribution in [-0.4, -0.2) is 16.6 Å². The number of aromatic nitrogens is 1. The van der Waals surface area contributed by atoms with Crippen molar-refractivity contribution in [1.82, 2.24) is 4.98 Å². The largest absolute Gasteiger partial charge is 0.316 e. The van der Waals surface area contributed by atoms with Crippen molar-refractivity contribution in [3.8, 4) is 6.07 Å². The number of halogens is 1. The second-order valence-electron chi connectivity index (χ2n) is 4.20. The Bertz CT molecular complexity index is 881. The van der Waals surface area contributed by atoms with Crippen LogP contribution in [0.2, 0.25) is 5.02 Å². The molecule has 0 bridgehead atoms. The number of thiophene rings is 1. The summed E-state index contributed by atoms with van der Waals surface area (Å²) < 4.78 is 1.86. The number of nitriles is 1. The molecule has 1 aromatic carbocycles. The molecule has 110 valence electrons. The summed E-state index contributed by atoms with van der Waals surface area (Å²) in [5.74, 6) is 0.0947. The van der Waals surface area contributed by atoms with Crippen LogP contribution in [-0.2, 0) is 4.79 Å². The van der Waals surface area contributed by atoms with E-state index >= 15 is 0 Å². The molecular weight excluding hydrogens is 358 g/mol.